The first kappa shape index (κ1) is 20.2. The Morgan fingerprint density at radius 2 is 1.88 bits per heavy atom. The van der Waals surface area contributed by atoms with Crippen molar-refractivity contribution in [2.24, 2.45) is 0 Å². The second-order valence-corrected chi connectivity index (χ2v) is 7.97. The smallest absolute Gasteiger partial charge is 0.223 e. The Hall–Kier alpha value is -3.67. The normalized spacial score (nSPS) is 13.2. The fourth-order valence-corrected chi connectivity index (χ4v) is 4.10. The predicted molar refractivity (Wildman–Crippen MR) is 120 cm³/mol. The highest BCUT2D eigenvalue weighted by Gasteiger charge is 2.27. The summed E-state index contributed by atoms with van der Waals surface area (Å²) >= 11 is 0. The molecule has 32 heavy (non-hydrogen) atoms. The molecular formula is C26H23FN2O3. The van der Waals surface area contributed by atoms with Crippen LogP contribution in [-0.4, -0.2) is 29.1 Å². The zero-order valence-corrected chi connectivity index (χ0v) is 17.6. The lowest BCUT2D eigenvalue weighted by Gasteiger charge is -2.26. The van der Waals surface area contributed by atoms with Crippen LogP contribution >= 0.6 is 0 Å². The van der Waals surface area contributed by atoms with Crippen LogP contribution in [0.3, 0.4) is 0 Å². The Bertz CT molecular complexity index is 1250. The molecule has 1 aromatic heterocycles. The van der Waals surface area contributed by atoms with E-state index in [2.05, 4.69) is 17.3 Å². The molecule has 0 atom stereocenters. The van der Waals surface area contributed by atoms with Crippen LogP contribution in [0, 0.1) is 5.82 Å². The van der Waals surface area contributed by atoms with E-state index in [0.29, 0.717) is 44.7 Å². The van der Waals surface area contributed by atoms with Crippen LogP contribution in [0.2, 0.25) is 0 Å². The Kier molecular flexibility index (Phi) is 5.58. The lowest BCUT2D eigenvalue weighted by atomic mass is 10.0. The van der Waals surface area contributed by atoms with Gasteiger partial charge in [-0.2, -0.15) is 0 Å². The van der Waals surface area contributed by atoms with Crippen molar-refractivity contribution < 1.29 is 18.4 Å². The second kappa shape index (κ2) is 8.83. The minimum atomic E-state index is -0.288. The number of amides is 1. The molecule has 0 bridgehead atoms. The summed E-state index contributed by atoms with van der Waals surface area (Å²) in [6, 6.07) is 20.3. The van der Waals surface area contributed by atoms with Gasteiger partial charge in [0, 0.05) is 24.1 Å². The molecule has 5 rings (SSSR count). The van der Waals surface area contributed by atoms with Gasteiger partial charge in [0.25, 0.3) is 0 Å². The SMILES string of the molecule is O=C(CCCOc1ccc2ccccc2c1)N1CCc2c(noc2-c2ccc(F)cc2)C1. The van der Waals surface area contributed by atoms with Crippen molar-refractivity contribution in [3.63, 3.8) is 0 Å². The fraction of sp³-hybridized carbons (Fsp3) is 0.231. The number of hydrogen-bond donors (Lipinski definition) is 0. The van der Waals surface area contributed by atoms with E-state index in [0.717, 1.165) is 28.0 Å². The van der Waals surface area contributed by atoms with Crippen LogP contribution in [0.25, 0.3) is 22.1 Å². The van der Waals surface area contributed by atoms with Crippen LogP contribution in [0.5, 0.6) is 5.75 Å². The molecule has 1 aliphatic heterocycles. The molecule has 1 aliphatic rings. The molecule has 3 aromatic carbocycles. The first-order chi connectivity index (χ1) is 15.7. The van der Waals surface area contributed by atoms with Crippen molar-refractivity contribution in [3.8, 4) is 17.1 Å². The maximum absolute atomic E-state index is 13.2. The first-order valence-electron chi connectivity index (χ1n) is 10.8. The monoisotopic (exact) mass is 430 g/mol. The quantitative estimate of drug-likeness (QED) is 0.386. The van der Waals surface area contributed by atoms with Crippen LogP contribution in [0.1, 0.15) is 24.1 Å². The summed E-state index contributed by atoms with van der Waals surface area (Å²) in [7, 11) is 0. The highest BCUT2D eigenvalue weighted by molar-refractivity contribution is 5.83. The number of nitrogens with zero attached hydrogens (tertiary/aromatic N) is 2. The highest BCUT2D eigenvalue weighted by Crippen LogP contribution is 2.30. The van der Waals surface area contributed by atoms with E-state index in [9.17, 15) is 9.18 Å². The van der Waals surface area contributed by atoms with Gasteiger partial charge >= 0.3 is 0 Å². The number of carbonyl (C=O) groups is 1. The fourth-order valence-electron chi connectivity index (χ4n) is 4.10. The van der Waals surface area contributed by atoms with Crippen LogP contribution in [0.15, 0.2) is 71.3 Å². The summed E-state index contributed by atoms with van der Waals surface area (Å²) in [5, 5.41) is 6.47. The summed E-state index contributed by atoms with van der Waals surface area (Å²) in [4.78, 5) is 14.5. The highest BCUT2D eigenvalue weighted by atomic mass is 19.1. The van der Waals surface area contributed by atoms with Crippen molar-refractivity contribution in [3.05, 3.63) is 83.8 Å². The molecule has 5 nitrogen and oxygen atoms in total. The zero-order valence-electron chi connectivity index (χ0n) is 17.6. The molecule has 2 heterocycles. The van der Waals surface area contributed by atoms with Crippen molar-refractivity contribution in [2.75, 3.05) is 13.2 Å². The summed E-state index contributed by atoms with van der Waals surface area (Å²) in [5.41, 5.74) is 2.57. The number of rotatable bonds is 6. The average Bonchev–Trinajstić information content (AvgIpc) is 3.25. The van der Waals surface area contributed by atoms with Gasteiger partial charge in [-0.1, -0.05) is 35.5 Å². The number of carbonyl (C=O) groups excluding carboxylic acids is 1. The molecule has 0 aliphatic carbocycles. The minimum Gasteiger partial charge on any atom is -0.494 e. The lowest BCUT2D eigenvalue weighted by Crippen LogP contribution is -2.36. The molecule has 0 unspecified atom stereocenters. The number of aromatic nitrogens is 1. The maximum Gasteiger partial charge on any atom is 0.223 e. The van der Waals surface area contributed by atoms with E-state index in [1.165, 1.54) is 17.5 Å². The van der Waals surface area contributed by atoms with Crippen LogP contribution < -0.4 is 4.74 Å². The number of benzene rings is 3. The van der Waals surface area contributed by atoms with E-state index in [1.54, 1.807) is 12.1 Å². The molecule has 0 saturated heterocycles. The van der Waals surface area contributed by atoms with Gasteiger partial charge in [0.15, 0.2) is 5.76 Å². The van der Waals surface area contributed by atoms with E-state index < -0.39 is 0 Å². The number of fused-ring (bicyclic) bond motifs is 2. The van der Waals surface area contributed by atoms with Crippen molar-refractivity contribution in [1.82, 2.24) is 10.1 Å². The van der Waals surface area contributed by atoms with E-state index in [-0.39, 0.29) is 11.7 Å². The Labute approximate surface area is 185 Å². The summed E-state index contributed by atoms with van der Waals surface area (Å²) in [5.74, 6) is 1.28. The molecule has 0 N–H and O–H groups in total. The minimum absolute atomic E-state index is 0.0871. The predicted octanol–water partition coefficient (Wildman–Crippen LogP) is 5.38. The topological polar surface area (TPSA) is 55.6 Å². The van der Waals surface area contributed by atoms with Crippen LogP contribution in [-0.2, 0) is 17.8 Å². The summed E-state index contributed by atoms with van der Waals surface area (Å²) in [6.45, 7) is 1.54. The van der Waals surface area contributed by atoms with Crippen molar-refractivity contribution >= 4 is 16.7 Å². The standard InChI is InChI=1S/C26H23FN2O3/c27-21-10-7-19(8-11-21)26-23-13-14-29(17-24(23)28-32-26)25(30)6-3-15-31-22-12-9-18-4-1-2-5-20(18)16-22/h1-2,4-5,7-12,16H,3,6,13-15,17H2. The van der Waals surface area contributed by atoms with Gasteiger partial charge < -0.3 is 14.2 Å². The third-order valence-corrected chi connectivity index (χ3v) is 5.83. The number of halogens is 1. The molecule has 0 radical (unpaired) electrons. The Morgan fingerprint density at radius 3 is 2.72 bits per heavy atom. The third-order valence-electron chi connectivity index (χ3n) is 5.83. The maximum atomic E-state index is 13.2. The summed E-state index contributed by atoms with van der Waals surface area (Å²) < 4.78 is 24.6. The Balaban J connectivity index is 1.14. The molecule has 6 heteroatoms. The van der Waals surface area contributed by atoms with Gasteiger partial charge in [-0.3, -0.25) is 4.79 Å². The number of ether oxygens (including phenoxy) is 1. The molecule has 1 amide bonds. The van der Waals surface area contributed by atoms with Gasteiger partial charge in [0.05, 0.1) is 13.2 Å². The van der Waals surface area contributed by atoms with Gasteiger partial charge in [-0.15, -0.1) is 0 Å². The van der Waals surface area contributed by atoms with Gasteiger partial charge in [-0.25, -0.2) is 4.39 Å². The van der Waals surface area contributed by atoms with Crippen LogP contribution in [0.4, 0.5) is 4.39 Å². The molecular weight excluding hydrogens is 407 g/mol. The zero-order chi connectivity index (χ0) is 21.9. The molecule has 0 spiro atoms. The molecule has 4 aromatic rings. The van der Waals surface area contributed by atoms with Gasteiger partial charge in [0.2, 0.25) is 5.91 Å². The summed E-state index contributed by atoms with van der Waals surface area (Å²) in [6.07, 6.45) is 1.74. The van der Waals surface area contributed by atoms with E-state index >= 15 is 0 Å². The van der Waals surface area contributed by atoms with E-state index in [1.807, 2.05) is 35.2 Å². The second-order valence-electron chi connectivity index (χ2n) is 7.97. The molecule has 162 valence electrons. The third kappa shape index (κ3) is 4.21. The molecule has 0 fully saturated rings. The van der Waals surface area contributed by atoms with Gasteiger partial charge in [-0.05, 0) is 60.0 Å². The average molecular weight is 430 g/mol. The van der Waals surface area contributed by atoms with Gasteiger partial charge in [0.1, 0.15) is 17.3 Å². The van der Waals surface area contributed by atoms with Crippen molar-refractivity contribution in [2.45, 2.75) is 25.8 Å². The number of hydrogen-bond acceptors (Lipinski definition) is 4. The largest absolute Gasteiger partial charge is 0.494 e. The molecule has 0 saturated carbocycles. The van der Waals surface area contributed by atoms with E-state index in [4.69, 9.17) is 9.26 Å². The Morgan fingerprint density at radius 1 is 1.06 bits per heavy atom. The lowest BCUT2D eigenvalue weighted by molar-refractivity contribution is -0.132. The first-order valence-corrected chi connectivity index (χ1v) is 10.8. The van der Waals surface area contributed by atoms with Crippen molar-refractivity contribution in [1.29, 1.82) is 0 Å².